The molecule has 1 heterocycles. The molecule has 0 unspecified atom stereocenters. The Labute approximate surface area is 143 Å². The third-order valence-corrected chi connectivity index (χ3v) is 5.44. The Morgan fingerprint density at radius 2 is 2.05 bits per heavy atom. The Balaban J connectivity index is 1.80. The molecule has 0 bridgehead atoms. The molecule has 0 saturated heterocycles. The van der Waals surface area contributed by atoms with E-state index in [-0.39, 0.29) is 0 Å². The zero-order valence-corrected chi connectivity index (χ0v) is 14.3. The summed E-state index contributed by atoms with van der Waals surface area (Å²) in [5.74, 6) is 1.09. The second-order valence-electron chi connectivity index (χ2n) is 5.76. The number of benzene rings is 2. The van der Waals surface area contributed by atoms with Gasteiger partial charge in [0.15, 0.2) is 0 Å². The lowest BCUT2D eigenvalue weighted by Crippen LogP contribution is -2.29. The molecule has 0 spiro atoms. The molecule has 0 saturated carbocycles. The van der Waals surface area contributed by atoms with E-state index in [1.807, 2.05) is 12.1 Å². The van der Waals surface area contributed by atoms with Crippen molar-refractivity contribution < 1.29 is 0 Å². The van der Waals surface area contributed by atoms with Crippen LogP contribution in [0.5, 0.6) is 0 Å². The summed E-state index contributed by atoms with van der Waals surface area (Å²) in [4.78, 5) is 0. The molecule has 4 rings (SSSR count). The maximum absolute atomic E-state index is 6.18. The van der Waals surface area contributed by atoms with Crippen molar-refractivity contribution >= 4 is 39.9 Å². The predicted molar refractivity (Wildman–Crippen MR) is 97.0 cm³/mol. The summed E-state index contributed by atoms with van der Waals surface area (Å²) < 4.78 is 1.30. The highest BCUT2D eigenvalue weighted by atomic mass is 127. The zero-order chi connectivity index (χ0) is 14.4. The van der Waals surface area contributed by atoms with Gasteiger partial charge in [0, 0.05) is 20.2 Å². The minimum absolute atomic E-state index is 0.330. The van der Waals surface area contributed by atoms with E-state index in [4.69, 9.17) is 11.6 Å². The molecule has 2 aromatic carbocycles. The van der Waals surface area contributed by atoms with E-state index in [0.29, 0.717) is 17.9 Å². The fourth-order valence-corrected chi connectivity index (χ4v) is 4.31. The SMILES string of the molecule is Clc1cccc([C@@H]2Nc3ccc(I)cc3[C@@H]3C=CC[C@@H]32)c1. The average molecular weight is 408 g/mol. The summed E-state index contributed by atoms with van der Waals surface area (Å²) in [6.45, 7) is 0. The van der Waals surface area contributed by atoms with Crippen molar-refractivity contribution in [3.8, 4) is 0 Å². The van der Waals surface area contributed by atoms with E-state index in [1.165, 1.54) is 20.4 Å². The molecule has 1 aliphatic heterocycles. The summed E-state index contributed by atoms with van der Waals surface area (Å²) in [5.41, 5.74) is 3.97. The Morgan fingerprint density at radius 1 is 1.14 bits per heavy atom. The first kappa shape index (κ1) is 13.6. The fourth-order valence-electron chi connectivity index (χ4n) is 3.60. The van der Waals surface area contributed by atoms with Crippen molar-refractivity contribution in [2.24, 2.45) is 5.92 Å². The van der Waals surface area contributed by atoms with Crippen LogP contribution in [0.1, 0.15) is 29.5 Å². The highest BCUT2D eigenvalue weighted by molar-refractivity contribution is 14.1. The third-order valence-electron chi connectivity index (χ3n) is 4.53. The van der Waals surface area contributed by atoms with Crippen molar-refractivity contribution in [1.29, 1.82) is 0 Å². The number of fused-ring (bicyclic) bond motifs is 3. The molecule has 3 heteroatoms. The Kier molecular flexibility index (Phi) is 3.46. The first-order valence-corrected chi connectivity index (χ1v) is 8.66. The molecular formula is C18H15ClIN. The molecule has 0 radical (unpaired) electrons. The van der Waals surface area contributed by atoms with Gasteiger partial charge in [-0.3, -0.25) is 0 Å². The van der Waals surface area contributed by atoms with Gasteiger partial charge >= 0.3 is 0 Å². The minimum atomic E-state index is 0.330. The molecular weight excluding hydrogens is 393 g/mol. The van der Waals surface area contributed by atoms with Crippen LogP contribution in [0.25, 0.3) is 0 Å². The van der Waals surface area contributed by atoms with Crippen molar-refractivity contribution in [1.82, 2.24) is 0 Å². The van der Waals surface area contributed by atoms with Crippen LogP contribution in [0.4, 0.5) is 5.69 Å². The van der Waals surface area contributed by atoms with Gasteiger partial charge in [-0.15, -0.1) is 0 Å². The largest absolute Gasteiger partial charge is 0.378 e. The Bertz CT molecular complexity index is 725. The van der Waals surface area contributed by atoms with E-state index in [2.05, 4.69) is 70.4 Å². The van der Waals surface area contributed by atoms with E-state index < -0.39 is 0 Å². The fraction of sp³-hybridized carbons (Fsp3) is 0.222. The van der Waals surface area contributed by atoms with Crippen molar-refractivity contribution in [2.75, 3.05) is 5.32 Å². The van der Waals surface area contributed by atoms with Crippen molar-refractivity contribution in [3.63, 3.8) is 0 Å². The van der Waals surface area contributed by atoms with Gasteiger partial charge in [-0.1, -0.05) is 35.9 Å². The summed E-state index contributed by atoms with van der Waals surface area (Å²) in [6.07, 6.45) is 5.82. The molecule has 1 N–H and O–H groups in total. The normalized spacial score (nSPS) is 26.1. The van der Waals surface area contributed by atoms with Gasteiger partial charge in [0.1, 0.15) is 0 Å². The lowest BCUT2D eigenvalue weighted by Gasteiger charge is -2.37. The molecule has 0 aromatic heterocycles. The average Bonchev–Trinajstić information content (AvgIpc) is 2.96. The van der Waals surface area contributed by atoms with Gasteiger partial charge in [-0.25, -0.2) is 0 Å². The Morgan fingerprint density at radius 3 is 2.90 bits per heavy atom. The van der Waals surface area contributed by atoms with Crippen LogP contribution in [0.15, 0.2) is 54.6 Å². The number of rotatable bonds is 1. The van der Waals surface area contributed by atoms with Crippen LogP contribution in [-0.4, -0.2) is 0 Å². The van der Waals surface area contributed by atoms with Gasteiger partial charge in [0.2, 0.25) is 0 Å². The second-order valence-corrected chi connectivity index (χ2v) is 7.44. The third kappa shape index (κ3) is 2.38. The van der Waals surface area contributed by atoms with Crippen LogP contribution in [0.3, 0.4) is 0 Å². The minimum Gasteiger partial charge on any atom is -0.378 e. The number of hydrogen-bond acceptors (Lipinski definition) is 1. The van der Waals surface area contributed by atoms with Gasteiger partial charge in [0.25, 0.3) is 0 Å². The molecule has 1 nitrogen and oxygen atoms in total. The maximum atomic E-state index is 6.18. The van der Waals surface area contributed by atoms with E-state index in [0.717, 1.165) is 11.4 Å². The molecule has 106 valence electrons. The molecule has 1 aliphatic carbocycles. The molecule has 2 aliphatic rings. The highest BCUT2D eigenvalue weighted by Crippen LogP contribution is 2.50. The van der Waals surface area contributed by atoms with Crippen LogP contribution < -0.4 is 5.32 Å². The van der Waals surface area contributed by atoms with Gasteiger partial charge in [-0.05, 0) is 76.4 Å². The number of halogens is 2. The number of allylic oxidation sites excluding steroid dienone is 2. The summed E-state index contributed by atoms with van der Waals surface area (Å²) in [6, 6.07) is 15.3. The second kappa shape index (κ2) is 5.33. The molecule has 3 atom stereocenters. The maximum Gasteiger partial charge on any atom is 0.0554 e. The number of nitrogens with one attached hydrogen (secondary N) is 1. The standard InChI is InChI=1S/C18H15ClIN/c19-12-4-1-3-11(9-12)18-15-6-2-5-14(15)16-10-13(20)7-8-17(16)21-18/h1-5,7-10,14-15,18,21H,6H2/t14-,15+,18+/m1/s1. The van der Waals surface area contributed by atoms with E-state index >= 15 is 0 Å². The molecule has 0 amide bonds. The lowest BCUT2D eigenvalue weighted by atomic mass is 9.77. The predicted octanol–water partition coefficient (Wildman–Crippen LogP) is 5.77. The molecule has 21 heavy (non-hydrogen) atoms. The number of anilines is 1. The smallest absolute Gasteiger partial charge is 0.0554 e. The van der Waals surface area contributed by atoms with Crippen LogP contribution >= 0.6 is 34.2 Å². The topological polar surface area (TPSA) is 12.0 Å². The Hall–Kier alpha value is -1.00. The monoisotopic (exact) mass is 407 g/mol. The van der Waals surface area contributed by atoms with Crippen LogP contribution in [0.2, 0.25) is 5.02 Å². The van der Waals surface area contributed by atoms with Gasteiger partial charge in [0.05, 0.1) is 6.04 Å². The van der Waals surface area contributed by atoms with Crippen LogP contribution in [0, 0.1) is 9.49 Å². The number of hydrogen-bond donors (Lipinski definition) is 1. The summed E-state index contributed by atoms with van der Waals surface area (Å²) >= 11 is 8.58. The van der Waals surface area contributed by atoms with Crippen LogP contribution in [-0.2, 0) is 0 Å². The first-order valence-electron chi connectivity index (χ1n) is 7.20. The van der Waals surface area contributed by atoms with Crippen molar-refractivity contribution in [3.05, 3.63) is 74.3 Å². The highest BCUT2D eigenvalue weighted by Gasteiger charge is 2.37. The lowest BCUT2D eigenvalue weighted by molar-refractivity contribution is 0.425. The quantitative estimate of drug-likeness (QED) is 0.467. The van der Waals surface area contributed by atoms with Gasteiger partial charge in [-0.2, -0.15) is 0 Å². The summed E-state index contributed by atoms with van der Waals surface area (Å²) in [7, 11) is 0. The van der Waals surface area contributed by atoms with Crippen molar-refractivity contribution in [2.45, 2.75) is 18.4 Å². The summed E-state index contributed by atoms with van der Waals surface area (Å²) in [5, 5.41) is 4.55. The van der Waals surface area contributed by atoms with Gasteiger partial charge < -0.3 is 5.32 Å². The molecule has 0 fully saturated rings. The van der Waals surface area contributed by atoms with E-state index in [9.17, 15) is 0 Å². The molecule has 2 aromatic rings. The first-order chi connectivity index (χ1) is 10.2. The zero-order valence-electron chi connectivity index (χ0n) is 11.4. The van der Waals surface area contributed by atoms with E-state index in [1.54, 1.807) is 0 Å².